The van der Waals surface area contributed by atoms with Gasteiger partial charge in [0.25, 0.3) is 11.5 Å². The molecule has 0 amide bonds. The van der Waals surface area contributed by atoms with Crippen LogP contribution in [0.5, 0.6) is 5.75 Å². The summed E-state index contributed by atoms with van der Waals surface area (Å²) in [5.74, 6) is -0.702. The summed E-state index contributed by atoms with van der Waals surface area (Å²) in [7, 11) is 0. The molecule has 1 aromatic heterocycles. The van der Waals surface area contributed by atoms with Crippen molar-refractivity contribution in [3.8, 4) is 5.75 Å². The zero-order valence-electron chi connectivity index (χ0n) is 8.36. The van der Waals surface area contributed by atoms with Crippen molar-refractivity contribution in [2.75, 3.05) is 6.61 Å². The molecule has 0 saturated heterocycles. The smallest absolute Gasteiger partial charge is 0.325 e. The molecule has 0 unspecified atom stereocenters. The minimum Gasteiger partial charge on any atom is -0.487 e. The summed E-state index contributed by atoms with van der Waals surface area (Å²) >= 11 is 0. The van der Waals surface area contributed by atoms with Crippen LogP contribution in [0.3, 0.4) is 0 Å². The fourth-order valence-electron chi connectivity index (χ4n) is 0.660. The number of H-pyrrole nitrogens is 2. The number of aliphatic carboxylic acids is 1. The van der Waals surface area contributed by atoms with Crippen molar-refractivity contribution in [3.63, 3.8) is 0 Å². The van der Waals surface area contributed by atoms with Crippen molar-refractivity contribution in [2.45, 2.75) is 13.8 Å². The topological polar surface area (TPSA) is 112 Å². The van der Waals surface area contributed by atoms with E-state index in [0.29, 0.717) is 6.61 Å². The van der Waals surface area contributed by atoms with Crippen molar-refractivity contribution >= 4 is 5.97 Å². The number of aromatic amines is 2. The van der Waals surface area contributed by atoms with Gasteiger partial charge in [-0.3, -0.25) is 14.6 Å². The zero-order valence-corrected chi connectivity index (χ0v) is 8.36. The lowest BCUT2D eigenvalue weighted by molar-refractivity contribution is -0.134. The Hall–Kier alpha value is -2.05. The van der Waals surface area contributed by atoms with Gasteiger partial charge in [0.05, 0.1) is 12.8 Å². The van der Waals surface area contributed by atoms with E-state index in [9.17, 15) is 9.59 Å². The lowest BCUT2D eigenvalue weighted by Gasteiger charge is -1.97. The van der Waals surface area contributed by atoms with E-state index in [2.05, 4.69) is 4.98 Å². The molecule has 15 heavy (non-hydrogen) atoms. The molecule has 0 aliphatic carbocycles. The van der Waals surface area contributed by atoms with Gasteiger partial charge in [-0.25, -0.2) is 4.79 Å². The number of rotatable bonds is 2. The van der Waals surface area contributed by atoms with Crippen LogP contribution in [0.2, 0.25) is 0 Å². The maximum absolute atomic E-state index is 10.8. The normalized spacial score (nSPS) is 8.67. The average molecular weight is 216 g/mol. The molecule has 1 aromatic rings. The van der Waals surface area contributed by atoms with Gasteiger partial charge in [0.2, 0.25) is 5.75 Å². The van der Waals surface area contributed by atoms with E-state index in [1.807, 2.05) is 4.98 Å². The van der Waals surface area contributed by atoms with E-state index in [1.54, 1.807) is 6.92 Å². The third kappa shape index (κ3) is 6.08. The van der Waals surface area contributed by atoms with Crippen LogP contribution in [-0.4, -0.2) is 27.7 Å². The fourth-order valence-corrected chi connectivity index (χ4v) is 0.660. The van der Waals surface area contributed by atoms with Crippen LogP contribution in [-0.2, 0) is 4.79 Å². The van der Waals surface area contributed by atoms with Gasteiger partial charge in [0.1, 0.15) is 0 Å². The Kier molecular flexibility index (Phi) is 5.53. The summed E-state index contributed by atoms with van der Waals surface area (Å²) in [6.45, 7) is 3.24. The number of hydrogen-bond acceptors (Lipinski definition) is 4. The molecule has 0 saturated carbocycles. The first-order valence-corrected chi connectivity index (χ1v) is 4.11. The number of carboxylic acid groups (broad SMARTS) is 1. The van der Waals surface area contributed by atoms with Crippen LogP contribution in [0.15, 0.2) is 15.8 Å². The largest absolute Gasteiger partial charge is 0.487 e. The lowest BCUT2D eigenvalue weighted by Crippen LogP contribution is -2.22. The first kappa shape index (κ1) is 12.9. The molecule has 0 radical (unpaired) electrons. The molecule has 0 spiro atoms. The molecule has 0 atom stereocenters. The van der Waals surface area contributed by atoms with Gasteiger partial charge in [-0.05, 0) is 6.92 Å². The van der Waals surface area contributed by atoms with Gasteiger partial charge in [0.15, 0.2) is 0 Å². The second-order valence-electron chi connectivity index (χ2n) is 2.39. The molecule has 0 aliphatic heterocycles. The standard InChI is InChI=1S/C6H8N2O3.C2H4O2/c1-2-11-4-3-7-6(10)8-5(4)9;1-2(3)4/h3H,2H2,1H3,(H2,7,8,9,10);1H3,(H,3,4). The summed E-state index contributed by atoms with van der Waals surface area (Å²) in [6, 6.07) is 0. The Morgan fingerprint density at radius 2 is 2.07 bits per heavy atom. The maximum atomic E-state index is 10.8. The number of carboxylic acids is 1. The van der Waals surface area contributed by atoms with Crippen LogP contribution >= 0.6 is 0 Å². The molecule has 84 valence electrons. The number of aromatic nitrogens is 2. The zero-order chi connectivity index (χ0) is 11.8. The van der Waals surface area contributed by atoms with Crippen LogP contribution in [0, 0.1) is 0 Å². The van der Waals surface area contributed by atoms with Crippen LogP contribution < -0.4 is 16.0 Å². The van der Waals surface area contributed by atoms with Gasteiger partial charge < -0.3 is 14.8 Å². The Morgan fingerprint density at radius 1 is 1.53 bits per heavy atom. The monoisotopic (exact) mass is 216 g/mol. The molecule has 0 aliphatic rings. The molecule has 1 heterocycles. The number of ether oxygens (including phenoxy) is 1. The van der Waals surface area contributed by atoms with E-state index in [0.717, 1.165) is 6.92 Å². The first-order chi connectivity index (χ1) is 6.97. The molecule has 0 aromatic carbocycles. The van der Waals surface area contributed by atoms with Gasteiger partial charge in [0, 0.05) is 6.92 Å². The van der Waals surface area contributed by atoms with Gasteiger partial charge in [-0.1, -0.05) is 0 Å². The SMILES string of the molecule is CC(=O)O.CCOc1c[nH]c(=O)[nH]c1=O. The fraction of sp³-hybridized carbons (Fsp3) is 0.375. The molecule has 1 rings (SSSR count). The highest BCUT2D eigenvalue weighted by molar-refractivity contribution is 5.62. The summed E-state index contributed by atoms with van der Waals surface area (Å²) < 4.78 is 4.88. The molecular formula is C8H12N2O5. The van der Waals surface area contributed by atoms with Gasteiger partial charge in [-0.15, -0.1) is 0 Å². The Bertz CT molecular complexity index is 416. The van der Waals surface area contributed by atoms with Crippen molar-refractivity contribution in [3.05, 3.63) is 27.0 Å². The molecule has 7 heteroatoms. The Balaban J connectivity index is 0.000000423. The van der Waals surface area contributed by atoms with E-state index >= 15 is 0 Å². The predicted molar refractivity (Wildman–Crippen MR) is 52.2 cm³/mol. The second kappa shape index (κ2) is 6.41. The van der Waals surface area contributed by atoms with E-state index < -0.39 is 17.2 Å². The summed E-state index contributed by atoms with van der Waals surface area (Å²) in [5.41, 5.74) is -1.03. The number of hydrogen-bond donors (Lipinski definition) is 3. The van der Waals surface area contributed by atoms with Crippen LogP contribution in [0.1, 0.15) is 13.8 Å². The minimum atomic E-state index is -0.833. The highest BCUT2D eigenvalue weighted by atomic mass is 16.5. The highest BCUT2D eigenvalue weighted by Crippen LogP contribution is 1.93. The van der Waals surface area contributed by atoms with Crippen LogP contribution in [0.25, 0.3) is 0 Å². The van der Waals surface area contributed by atoms with E-state index in [-0.39, 0.29) is 5.75 Å². The second-order valence-corrected chi connectivity index (χ2v) is 2.39. The summed E-state index contributed by atoms with van der Waals surface area (Å²) in [5, 5.41) is 7.42. The third-order valence-corrected chi connectivity index (χ3v) is 1.09. The van der Waals surface area contributed by atoms with Crippen molar-refractivity contribution in [1.29, 1.82) is 0 Å². The van der Waals surface area contributed by atoms with Crippen molar-refractivity contribution in [2.24, 2.45) is 0 Å². The van der Waals surface area contributed by atoms with Gasteiger partial charge in [-0.2, -0.15) is 0 Å². The number of carbonyl (C=O) groups is 1. The van der Waals surface area contributed by atoms with E-state index in [4.69, 9.17) is 14.6 Å². The molecular weight excluding hydrogens is 204 g/mol. The first-order valence-electron chi connectivity index (χ1n) is 4.11. The quantitative estimate of drug-likeness (QED) is 0.620. The molecule has 7 nitrogen and oxygen atoms in total. The lowest BCUT2D eigenvalue weighted by atomic mass is 10.6. The molecule has 3 N–H and O–H groups in total. The number of nitrogens with one attached hydrogen (secondary N) is 2. The van der Waals surface area contributed by atoms with Crippen molar-refractivity contribution < 1.29 is 14.6 Å². The summed E-state index contributed by atoms with van der Waals surface area (Å²) in [4.78, 5) is 34.6. The van der Waals surface area contributed by atoms with Crippen LogP contribution in [0.4, 0.5) is 0 Å². The van der Waals surface area contributed by atoms with E-state index in [1.165, 1.54) is 6.20 Å². The average Bonchev–Trinajstić information content (AvgIpc) is 2.09. The molecule has 0 bridgehead atoms. The minimum absolute atomic E-state index is 0.132. The predicted octanol–water partition coefficient (Wildman–Crippen LogP) is -0.447. The van der Waals surface area contributed by atoms with Crippen molar-refractivity contribution in [1.82, 2.24) is 9.97 Å². The summed E-state index contributed by atoms with van der Waals surface area (Å²) in [6.07, 6.45) is 1.24. The van der Waals surface area contributed by atoms with Gasteiger partial charge >= 0.3 is 5.69 Å². The Labute approximate surface area is 84.7 Å². The highest BCUT2D eigenvalue weighted by Gasteiger charge is 1.97. The molecule has 0 fully saturated rings. The third-order valence-electron chi connectivity index (χ3n) is 1.09. The Morgan fingerprint density at radius 3 is 2.47 bits per heavy atom. The maximum Gasteiger partial charge on any atom is 0.325 e.